The summed E-state index contributed by atoms with van der Waals surface area (Å²) in [5.41, 5.74) is 2.17. The highest BCUT2D eigenvalue weighted by molar-refractivity contribution is 7.08. The minimum Gasteiger partial charge on any atom is -0.392 e. The Kier molecular flexibility index (Phi) is 2.70. The molecule has 1 unspecified atom stereocenters. The van der Waals surface area contributed by atoms with E-state index < -0.39 is 0 Å². The first-order valence-corrected chi connectivity index (χ1v) is 6.46. The molecule has 1 saturated heterocycles. The first-order valence-electron chi connectivity index (χ1n) is 5.52. The summed E-state index contributed by atoms with van der Waals surface area (Å²) in [6, 6.07) is -0.0230. The number of nitrogens with zero attached hydrogens (tertiary/aromatic N) is 2. The molecule has 0 amide bonds. The van der Waals surface area contributed by atoms with Crippen molar-refractivity contribution < 1.29 is 9.63 Å². The van der Waals surface area contributed by atoms with E-state index in [-0.39, 0.29) is 12.1 Å². The van der Waals surface area contributed by atoms with E-state index in [1.807, 2.05) is 12.3 Å². The van der Waals surface area contributed by atoms with Gasteiger partial charge in [0.05, 0.1) is 12.1 Å². The van der Waals surface area contributed by atoms with Gasteiger partial charge in [-0.25, -0.2) is 0 Å². The molecule has 6 heteroatoms. The van der Waals surface area contributed by atoms with E-state index in [4.69, 9.17) is 4.52 Å². The van der Waals surface area contributed by atoms with Crippen LogP contribution in [0.4, 0.5) is 0 Å². The number of rotatable bonds is 2. The molecule has 0 saturated carbocycles. The highest BCUT2D eigenvalue weighted by Gasteiger charge is 2.28. The number of β-amino-alcohol motifs (C(OH)–C–C–N with tert-alkyl or cyclic N) is 1. The number of aliphatic hydroxyl groups excluding tert-OH is 1. The summed E-state index contributed by atoms with van der Waals surface area (Å²) in [6.07, 6.45) is 0.308. The fourth-order valence-corrected chi connectivity index (χ4v) is 2.81. The average Bonchev–Trinajstić information content (AvgIpc) is 2.97. The summed E-state index contributed by atoms with van der Waals surface area (Å²) in [5.74, 6) is 1.18. The fourth-order valence-electron chi connectivity index (χ4n) is 1.98. The van der Waals surface area contributed by atoms with E-state index in [0.717, 1.165) is 11.1 Å². The van der Waals surface area contributed by atoms with Gasteiger partial charge in [0.2, 0.25) is 11.7 Å². The molecule has 0 bridgehead atoms. The second-order valence-corrected chi connectivity index (χ2v) is 5.02. The Morgan fingerprint density at radius 2 is 2.41 bits per heavy atom. The van der Waals surface area contributed by atoms with Crippen LogP contribution in [0.1, 0.15) is 23.9 Å². The van der Waals surface area contributed by atoms with Crippen LogP contribution in [0.25, 0.3) is 11.4 Å². The summed E-state index contributed by atoms with van der Waals surface area (Å²) in [7, 11) is 0. The number of nitrogens with one attached hydrogen (secondary N) is 1. The molecule has 3 rings (SSSR count). The lowest BCUT2D eigenvalue weighted by Crippen LogP contribution is -2.15. The van der Waals surface area contributed by atoms with Crippen molar-refractivity contribution in [3.05, 3.63) is 22.2 Å². The van der Waals surface area contributed by atoms with Crippen LogP contribution in [0.5, 0.6) is 0 Å². The maximum absolute atomic E-state index is 9.45. The summed E-state index contributed by atoms with van der Waals surface area (Å²) < 4.78 is 5.25. The average molecular weight is 251 g/mol. The summed E-state index contributed by atoms with van der Waals surface area (Å²) in [6.45, 7) is 2.61. The van der Waals surface area contributed by atoms with Crippen LogP contribution < -0.4 is 5.32 Å². The SMILES string of the molecule is Cc1cscc1-c1noc([C@@H]2CC(O)CN2)n1. The van der Waals surface area contributed by atoms with Crippen molar-refractivity contribution in [2.24, 2.45) is 0 Å². The van der Waals surface area contributed by atoms with Gasteiger partial charge in [0.1, 0.15) is 0 Å². The van der Waals surface area contributed by atoms with Gasteiger partial charge in [-0.15, -0.1) is 0 Å². The third-order valence-corrected chi connectivity index (χ3v) is 3.81. The van der Waals surface area contributed by atoms with Crippen molar-refractivity contribution >= 4 is 11.3 Å². The Bertz CT molecular complexity index is 522. The van der Waals surface area contributed by atoms with Gasteiger partial charge in [-0.3, -0.25) is 0 Å². The Morgan fingerprint density at radius 3 is 3.06 bits per heavy atom. The minimum atomic E-state index is -0.321. The van der Waals surface area contributed by atoms with Crippen molar-refractivity contribution in [3.63, 3.8) is 0 Å². The first-order chi connectivity index (χ1) is 8.24. The van der Waals surface area contributed by atoms with Gasteiger partial charge in [-0.2, -0.15) is 16.3 Å². The lowest BCUT2D eigenvalue weighted by Gasteiger charge is -2.01. The van der Waals surface area contributed by atoms with Gasteiger partial charge in [-0.05, 0) is 24.3 Å². The molecule has 17 heavy (non-hydrogen) atoms. The third kappa shape index (κ3) is 1.99. The van der Waals surface area contributed by atoms with Crippen LogP contribution in [0, 0.1) is 6.92 Å². The molecule has 2 aromatic heterocycles. The summed E-state index contributed by atoms with van der Waals surface area (Å²) in [4.78, 5) is 4.39. The van der Waals surface area contributed by atoms with Crippen molar-refractivity contribution in [1.82, 2.24) is 15.5 Å². The zero-order valence-electron chi connectivity index (χ0n) is 9.38. The van der Waals surface area contributed by atoms with E-state index in [0.29, 0.717) is 24.7 Å². The standard InChI is InChI=1S/C11H13N3O2S/c1-6-4-17-5-8(6)10-13-11(16-14-10)9-2-7(15)3-12-9/h4-5,7,9,12,15H,2-3H2,1H3/t7?,9-/m0/s1. The van der Waals surface area contributed by atoms with Crippen molar-refractivity contribution in [1.29, 1.82) is 0 Å². The monoisotopic (exact) mass is 251 g/mol. The van der Waals surface area contributed by atoms with Crippen LogP contribution in [-0.2, 0) is 0 Å². The van der Waals surface area contributed by atoms with Gasteiger partial charge in [0.15, 0.2) is 0 Å². The Labute approximate surface area is 102 Å². The lowest BCUT2D eigenvalue weighted by atomic mass is 10.2. The molecule has 0 spiro atoms. The zero-order valence-corrected chi connectivity index (χ0v) is 10.2. The van der Waals surface area contributed by atoms with Crippen LogP contribution in [0.2, 0.25) is 0 Å². The topological polar surface area (TPSA) is 71.2 Å². The molecule has 2 aromatic rings. The van der Waals surface area contributed by atoms with E-state index in [1.54, 1.807) is 11.3 Å². The molecule has 2 atom stereocenters. The zero-order chi connectivity index (χ0) is 11.8. The van der Waals surface area contributed by atoms with Crippen molar-refractivity contribution in [3.8, 4) is 11.4 Å². The highest BCUT2D eigenvalue weighted by Crippen LogP contribution is 2.27. The molecule has 1 aliphatic rings. The molecule has 3 heterocycles. The van der Waals surface area contributed by atoms with E-state index in [2.05, 4.69) is 20.8 Å². The molecular weight excluding hydrogens is 238 g/mol. The predicted octanol–water partition coefficient (Wildman–Crippen LogP) is 1.50. The first kappa shape index (κ1) is 10.9. The molecule has 0 radical (unpaired) electrons. The number of hydrogen-bond donors (Lipinski definition) is 2. The Morgan fingerprint density at radius 1 is 1.53 bits per heavy atom. The molecule has 1 aliphatic heterocycles. The normalized spacial score (nSPS) is 24.4. The lowest BCUT2D eigenvalue weighted by molar-refractivity contribution is 0.191. The number of aliphatic hydroxyl groups is 1. The molecule has 0 aliphatic carbocycles. The fraction of sp³-hybridized carbons (Fsp3) is 0.455. The van der Waals surface area contributed by atoms with Crippen LogP contribution in [0.15, 0.2) is 15.3 Å². The largest absolute Gasteiger partial charge is 0.392 e. The summed E-state index contributed by atoms with van der Waals surface area (Å²) >= 11 is 1.63. The molecular formula is C11H13N3O2S. The van der Waals surface area contributed by atoms with Crippen LogP contribution >= 0.6 is 11.3 Å². The summed E-state index contributed by atoms with van der Waals surface area (Å²) in [5, 5.41) is 20.7. The van der Waals surface area contributed by atoms with Gasteiger partial charge in [0, 0.05) is 17.5 Å². The van der Waals surface area contributed by atoms with Crippen LogP contribution in [-0.4, -0.2) is 27.9 Å². The Balaban J connectivity index is 1.86. The number of hydrogen-bond acceptors (Lipinski definition) is 6. The molecule has 0 aromatic carbocycles. The number of thiophene rings is 1. The third-order valence-electron chi connectivity index (χ3n) is 2.94. The minimum absolute atomic E-state index is 0.0230. The van der Waals surface area contributed by atoms with Gasteiger partial charge >= 0.3 is 0 Å². The number of aromatic nitrogens is 2. The molecule has 5 nitrogen and oxygen atoms in total. The van der Waals surface area contributed by atoms with Crippen molar-refractivity contribution in [2.45, 2.75) is 25.5 Å². The van der Waals surface area contributed by atoms with Gasteiger partial charge in [0.25, 0.3) is 0 Å². The Hall–Kier alpha value is -1.24. The van der Waals surface area contributed by atoms with Gasteiger partial charge < -0.3 is 14.9 Å². The molecule has 1 fully saturated rings. The van der Waals surface area contributed by atoms with Crippen molar-refractivity contribution in [2.75, 3.05) is 6.54 Å². The van der Waals surface area contributed by atoms with E-state index in [1.165, 1.54) is 0 Å². The second kappa shape index (κ2) is 4.21. The van der Waals surface area contributed by atoms with Crippen LogP contribution in [0.3, 0.4) is 0 Å². The van der Waals surface area contributed by atoms with E-state index >= 15 is 0 Å². The highest BCUT2D eigenvalue weighted by atomic mass is 32.1. The number of aryl methyl sites for hydroxylation is 1. The predicted molar refractivity (Wildman–Crippen MR) is 63.7 cm³/mol. The quantitative estimate of drug-likeness (QED) is 0.846. The van der Waals surface area contributed by atoms with E-state index in [9.17, 15) is 5.11 Å². The van der Waals surface area contributed by atoms with Gasteiger partial charge in [-0.1, -0.05) is 5.16 Å². The molecule has 2 N–H and O–H groups in total. The second-order valence-electron chi connectivity index (χ2n) is 4.28. The molecule has 90 valence electrons. The maximum Gasteiger partial charge on any atom is 0.244 e. The maximum atomic E-state index is 9.45. The smallest absolute Gasteiger partial charge is 0.244 e.